The van der Waals surface area contributed by atoms with Crippen LogP contribution >= 0.6 is 11.6 Å². The van der Waals surface area contributed by atoms with Crippen LogP contribution in [0.25, 0.3) is 11.6 Å². The van der Waals surface area contributed by atoms with Crippen LogP contribution < -0.4 is 9.04 Å². The van der Waals surface area contributed by atoms with Crippen molar-refractivity contribution >= 4 is 44.9 Å². The summed E-state index contributed by atoms with van der Waals surface area (Å²) in [6.45, 7) is 5.66. The number of allylic oxidation sites excluding steroid dienone is 1. The van der Waals surface area contributed by atoms with Crippen LogP contribution in [0.4, 0.5) is 10.1 Å². The summed E-state index contributed by atoms with van der Waals surface area (Å²) in [5, 5.41) is 9.42. The van der Waals surface area contributed by atoms with Crippen molar-refractivity contribution in [3.05, 3.63) is 88.2 Å². The van der Waals surface area contributed by atoms with Crippen LogP contribution in [0, 0.1) is 5.82 Å². The molecule has 0 aliphatic carbocycles. The third kappa shape index (κ3) is 5.87. The number of hydrogen-bond donors (Lipinski definition) is 1. The van der Waals surface area contributed by atoms with Crippen molar-refractivity contribution < 1.29 is 27.4 Å². The summed E-state index contributed by atoms with van der Waals surface area (Å²) in [7, 11) is -4.01. The Morgan fingerprint density at radius 3 is 2.61 bits per heavy atom. The maximum Gasteiger partial charge on any atom is 0.303 e. The second-order valence-corrected chi connectivity index (χ2v) is 11.9. The number of aliphatic carboxylic acids is 1. The maximum absolute atomic E-state index is 14.5. The van der Waals surface area contributed by atoms with E-state index in [9.17, 15) is 17.6 Å². The van der Waals surface area contributed by atoms with E-state index in [1.807, 2.05) is 19.9 Å². The van der Waals surface area contributed by atoms with Crippen molar-refractivity contribution in [1.82, 2.24) is 0 Å². The van der Waals surface area contributed by atoms with Crippen molar-refractivity contribution in [2.45, 2.75) is 50.5 Å². The molecular formula is C29H29ClFNO5S. The minimum Gasteiger partial charge on any atom is -0.486 e. The van der Waals surface area contributed by atoms with Gasteiger partial charge in [0.05, 0.1) is 22.2 Å². The molecule has 1 atom stereocenters. The molecule has 0 bridgehead atoms. The van der Waals surface area contributed by atoms with Gasteiger partial charge in [0.1, 0.15) is 17.7 Å². The molecule has 38 heavy (non-hydrogen) atoms. The molecule has 9 heteroatoms. The van der Waals surface area contributed by atoms with Gasteiger partial charge < -0.3 is 9.84 Å². The third-order valence-corrected chi connectivity index (χ3v) is 8.54. The zero-order valence-electron chi connectivity index (χ0n) is 21.3. The first kappa shape index (κ1) is 27.7. The number of benzene rings is 3. The van der Waals surface area contributed by atoms with Gasteiger partial charge in [-0.2, -0.15) is 0 Å². The van der Waals surface area contributed by atoms with Gasteiger partial charge in [0.15, 0.2) is 0 Å². The maximum atomic E-state index is 14.5. The number of rotatable bonds is 8. The predicted octanol–water partition coefficient (Wildman–Crippen LogP) is 6.98. The fraction of sp³-hybridized carbons (Fsp3) is 0.276. The van der Waals surface area contributed by atoms with E-state index in [4.69, 9.17) is 21.4 Å². The molecule has 0 fully saturated rings. The molecule has 0 saturated carbocycles. The Kier molecular flexibility index (Phi) is 8.13. The summed E-state index contributed by atoms with van der Waals surface area (Å²) < 4.78 is 49.6. The van der Waals surface area contributed by atoms with Crippen LogP contribution in [-0.4, -0.2) is 32.1 Å². The average molecular weight is 558 g/mol. The molecule has 0 saturated heterocycles. The smallest absolute Gasteiger partial charge is 0.303 e. The zero-order chi connectivity index (χ0) is 27.6. The van der Waals surface area contributed by atoms with Crippen molar-refractivity contribution in [2.24, 2.45) is 0 Å². The average Bonchev–Trinajstić information content (AvgIpc) is 2.87. The van der Waals surface area contributed by atoms with Gasteiger partial charge >= 0.3 is 5.97 Å². The summed E-state index contributed by atoms with van der Waals surface area (Å²) >= 11 is 6.23. The Balaban J connectivity index is 1.79. The van der Waals surface area contributed by atoms with Gasteiger partial charge in [-0.05, 0) is 72.4 Å². The second-order valence-electron chi connectivity index (χ2n) is 9.59. The summed E-state index contributed by atoms with van der Waals surface area (Å²) in [4.78, 5) is 11.3. The SMILES string of the molecule is CC(=Cc1ccc2c(c1)N(S(=O)(=O)c1cccc(C(C)C)c1)CC(CCC(=O)O)O2)c1c(F)cccc1Cl. The monoisotopic (exact) mass is 557 g/mol. The number of carbonyl (C=O) groups is 1. The van der Waals surface area contributed by atoms with Gasteiger partial charge in [-0.25, -0.2) is 12.8 Å². The minimum atomic E-state index is -4.01. The van der Waals surface area contributed by atoms with E-state index in [0.717, 1.165) is 5.56 Å². The Morgan fingerprint density at radius 2 is 1.92 bits per heavy atom. The molecule has 3 aromatic carbocycles. The van der Waals surface area contributed by atoms with Crippen LogP contribution in [0.1, 0.15) is 56.2 Å². The highest BCUT2D eigenvalue weighted by Gasteiger charge is 2.35. The van der Waals surface area contributed by atoms with Crippen LogP contribution in [0.2, 0.25) is 5.02 Å². The Labute approximate surface area is 227 Å². The Bertz CT molecular complexity index is 1480. The highest BCUT2D eigenvalue weighted by atomic mass is 35.5. The van der Waals surface area contributed by atoms with E-state index in [0.29, 0.717) is 22.6 Å². The molecule has 0 spiro atoms. The van der Waals surface area contributed by atoms with Crippen molar-refractivity contribution in [3.63, 3.8) is 0 Å². The summed E-state index contributed by atoms with van der Waals surface area (Å²) in [6, 6.07) is 16.3. The highest BCUT2D eigenvalue weighted by Crippen LogP contribution is 2.40. The largest absolute Gasteiger partial charge is 0.486 e. The molecule has 200 valence electrons. The van der Waals surface area contributed by atoms with E-state index in [1.165, 1.54) is 16.4 Å². The standard InChI is InChI=1S/C29H29ClFNO5S/c1-18(2)21-6-4-7-23(16-21)38(35,36)32-17-22(11-13-28(33)34)37-27-12-10-20(15-26(27)32)14-19(3)29-24(30)8-5-9-25(29)31/h4-10,12,14-16,18,22H,11,13,17H2,1-3H3,(H,33,34). The fourth-order valence-corrected chi connectivity index (χ4v) is 6.31. The minimum absolute atomic E-state index is 0.0419. The molecule has 1 heterocycles. The summed E-state index contributed by atoms with van der Waals surface area (Å²) in [6.07, 6.45) is 1.09. The number of hydrogen-bond acceptors (Lipinski definition) is 4. The van der Waals surface area contributed by atoms with Crippen molar-refractivity contribution in [3.8, 4) is 5.75 Å². The molecule has 1 unspecified atom stereocenters. The van der Waals surface area contributed by atoms with Crippen LogP contribution in [0.5, 0.6) is 5.75 Å². The lowest BCUT2D eigenvalue weighted by Gasteiger charge is -2.35. The molecule has 0 radical (unpaired) electrons. The normalized spacial score (nSPS) is 15.8. The van der Waals surface area contributed by atoms with E-state index in [-0.39, 0.29) is 40.8 Å². The Morgan fingerprint density at radius 1 is 1.18 bits per heavy atom. The van der Waals surface area contributed by atoms with Crippen LogP contribution in [0.15, 0.2) is 65.6 Å². The Hall–Kier alpha value is -3.36. The van der Waals surface area contributed by atoms with E-state index in [2.05, 4.69) is 0 Å². The fourth-order valence-electron chi connectivity index (χ4n) is 4.44. The zero-order valence-corrected chi connectivity index (χ0v) is 22.9. The molecule has 0 amide bonds. The first-order valence-corrected chi connectivity index (χ1v) is 14.1. The van der Waals surface area contributed by atoms with Gasteiger partial charge in [0.25, 0.3) is 10.0 Å². The lowest BCUT2D eigenvalue weighted by molar-refractivity contribution is -0.137. The molecule has 3 aromatic rings. The number of carboxylic acid groups (broad SMARTS) is 1. The third-order valence-electron chi connectivity index (χ3n) is 6.45. The number of halogens is 2. The number of fused-ring (bicyclic) bond motifs is 1. The van der Waals surface area contributed by atoms with Gasteiger partial charge in [0.2, 0.25) is 0 Å². The number of nitrogens with zero attached hydrogens (tertiary/aromatic N) is 1. The molecule has 1 aliphatic heterocycles. The second kappa shape index (κ2) is 11.2. The molecule has 6 nitrogen and oxygen atoms in total. The quantitative estimate of drug-likeness (QED) is 0.302. The number of sulfonamides is 1. The first-order valence-electron chi connectivity index (χ1n) is 12.2. The van der Waals surface area contributed by atoms with Crippen LogP contribution in [0.3, 0.4) is 0 Å². The van der Waals surface area contributed by atoms with Gasteiger partial charge in [0, 0.05) is 12.0 Å². The molecule has 0 aromatic heterocycles. The lowest BCUT2D eigenvalue weighted by atomic mass is 10.0. The van der Waals surface area contributed by atoms with E-state index in [1.54, 1.807) is 55.5 Å². The highest BCUT2D eigenvalue weighted by molar-refractivity contribution is 7.92. The molecule has 1 N–H and O–H groups in total. The van der Waals surface area contributed by atoms with E-state index < -0.39 is 27.9 Å². The summed E-state index contributed by atoms with van der Waals surface area (Å²) in [5.74, 6) is -0.978. The van der Waals surface area contributed by atoms with Gasteiger partial charge in [-0.1, -0.05) is 55.8 Å². The number of carboxylic acids is 1. The molecular weight excluding hydrogens is 529 g/mol. The number of ether oxygens (including phenoxy) is 1. The van der Waals surface area contributed by atoms with Gasteiger partial charge in [-0.3, -0.25) is 9.10 Å². The van der Waals surface area contributed by atoms with Gasteiger partial charge in [-0.15, -0.1) is 0 Å². The molecule has 4 rings (SSSR count). The first-order chi connectivity index (χ1) is 18.0. The number of anilines is 1. The van der Waals surface area contributed by atoms with E-state index >= 15 is 0 Å². The van der Waals surface area contributed by atoms with Crippen molar-refractivity contribution in [2.75, 3.05) is 10.8 Å². The van der Waals surface area contributed by atoms with Crippen molar-refractivity contribution in [1.29, 1.82) is 0 Å². The van der Waals surface area contributed by atoms with Crippen LogP contribution in [-0.2, 0) is 14.8 Å². The summed E-state index contributed by atoms with van der Waals surface area (Å²) in [5.41, 5.74) is 2.68. The molecule has 1 aliphatic rings. The lowest BCUT2D eigenvalue weighted by Crippen LogP contribution is -2.43. The predicted molar refractivity (Wildman–Crippen MR) is 148 cm³/mol. The topological polar surface area (TPSA) is 83.9 Å².